The molecule has 0 saturated carbocycles. The highest BCUT2D eigenvalue weighted by Crippen LogP contribution is 2.11. The van der Waals surface area contributed by atoms with Gasteiger partial charge in [0.25, 0.3) is 0 Å². The van der Waals surface area contributed by atoms with E-state index in [4.69, 9.17) is 5.11 Å². The van der Waals surface area contributed by atoms with Crippen LogP contribution in [0.25, 0.3) is 0 Å². The lowest BCUT2D eigenvalue weighted by Gasteiger charge is -2.20. The third-order valence-corrected chi connectivity index (χ3v) is 4.52. The zero-order valence-electron chi connectivity index (χ0n) is 12.0. The van der Waals surface area contributed by atoms with E-state index in [1.165, 1.54) is 36.1 Å². The predicted molar refractivity (Wildman–Crippen MR) is 76.5 cm³/mol. The lowest BCUT2D eigenvalue weighted by molar-refractivity contribution is -0.131. The van der Waals surface area contributed by atoms with Crippen molar-refractivity contribution in [1.29, 1.82) is 0 Å². The lowest BCUT2D eigenvalue weighted by Crippen LogP contribution is -2.45. The average molecular weight is 314 g/mol. The van der Waals surface area contributed by atoms with E-state index < -0.39 is 22.0 Å². The number of nitrogens with one attached hydrogen (secondary N) is 1. The van der Waals surface area contributed by atoms with Gasteiger partial charge in [0.2, 0.25) is 15.9 Å². The number of carboxylic acids is 1. The maximum Gasteiger partial charge on any atom is 0.335 e. The van der Waals surface area contributed by atoms with Crippen LogP contribution in [0, 0.1) is 0 Å². The van der Waals surface area contributed by atoms with Crippen molar-refractivity contribution in [3.8, 4) is 0 Å². The number of benzene rings is 1. The monoisotopic (exact) mass is 314 g/mol. The highest BCUT2D eigenvalue weighted by atomic mass is 32.2. The molecule has 0 spiro atoms. The highest BCUT2D eigenvalue weighted by molar-refractivity contribution is 7.89. The summed E-state index contributed by atoms with van der Waals surface area (Å²) in [5.41, 5.74) is -0.0104. The van der Waals surface area contributed by atoms with Crippen LogP contribution in [0.3, 0.4) is 0 Å². The van der Waals surface area contributed by atoms with Gasteiger partial charge in [-0.25, -0.2) is 13.2 Å². The molecule has 0 bridgehead atoms. The molecule has 0 aliphatic rings. The summed E-state index contributed by atoms with van der Waals surface area (Å²) in [6.07, 6.45) is 0. The van der Waals surface area contributed by atoms with Crippen molar-refractivity contribution in [2.45, 2.75) is 24.8 Å². The molecule has 1 aromatic rings. The number of carbonyl (C=O) groups excluding carboxylic acids is 1. The number of carbonyl (C=O) groups is 2. The van der Waals surface area contributed by atoms with Crippen LogP contribution in [0.15, 0.2) is 29.2 Å². The number of sulfonamides is 1. The molecule has 1 aromatic carbocycles. The first-order chi connectivity index (χ1) is 9.69. The minimum Gasteiger partial charge on any atom is -0.478 e. The van der Waals surface area contributed by atoms with Crippen molar-refractivity contribution in [1.82, 2.24) is 9.62 Å². The summed E-state index contributed by atoms with van der Waals surface area (Å²) in [5.74, 6) is -1.48. The SMILES string of the molecule is CCN(C)C(=O)C(C)NS(=O)(=O)c1ccc(C(=O)O)cc1. The van der Waals surface area contributed by atoms with Crippen LogP contribution in [-0.4, -0.2) is 49.9 Å². The molecular weight excluding hydrogens is 296 g/mol. The van der Waals surface area contributed by atoms with Crippen LogP contribution in [0.2, 0.25) is 0 Å². The van der Waals surface area contributed by atoms with Gasteiger partial charge in [-0.3, -0.25) is 4.79 Å². The van der Waals surface area contributed by atoms with Crippen LogP contribution in [0.5, 0.6) is 0 Å². The first-order valence-electron chi connectivity index (χ1n) is 6.29. The Balaban J connectivity index is 2.91. The molecule has 1 amide bonds. The van der Waals surface area contributed by atoms with Crippen molar-refractivity contribution in [3.05, 3.63) is 29.8 Å². The van der Waals surface area contributed by atoms with Crippen molar-refractivity contribution in [2.75, 3.05) is 13.6 Å². The number of likely N-dealkylation sites (N-methyl/N-ethyl adjacent to an activating group) is 1. The fourth-order valence-electron chi connectivity index (χ4n) is 1.61. The molecular formula is C13H18N2O5S. The molecule has 8 heteroatoms. The quantitative estimate of drug-likeness (QED) is 0.797. The van der Waals surface area contributed by atoms with Gasteiger partial charge in [-0.15, -0.1) is 0 Å². The summed E-state index contributed by atoms with van der Waals surface area (Å²) < 4.78 is 26.5. The standard InChI is InChI=1S/C13H18N2O5S/c1-4-15(3)12(16)9(2)14-21(19,20)11-7-5-10(6-8-11)13(17)18/h5-9,14H,4H2,1-3H3,(H,17,18). The first kappa shape index (κ1) is 17.1. The molecule has 2 N–H and O–H groups in total. The van der Waals surface area contributed by atoms with Gasteiger partial charge in [0.05, 0.1) is 16.5 Å². The number of carboxylic acid groups (broad SMARTS) is 1. The smallest absolute Gasteiger partial charge is 0.335 e. The first-order valence-corrected chi connectivity index (χ1v) is 7.78. The number of hydrogen-bond donors (Lipinski definition) is 2. The average Bonchev–Trinajstić information content (AvgIpc) is 2.45. The summed E-state index contributed by atoms with van der Waals surface area (Å²) in [4.78, 5) is 23.9. The fourth-order valence-corrected chi connectivity index (χ4v) is 2.81. The lowest BCUT2D eigenvalue weighted by atomic mass is 10.2. The van der Waals surface area contributed by atoms with Crippen LogP contribution < -0.4 is 4.72 Å². The van der Waals surface area contributed by atoms with Crippen molar-refractivity contribution >= 4 is 21.9 Å². The van der Waals surface area contributed by atoms with E-state index in [0.29, 0.717) is 6.54 Å². The van der Waals surface area contributed by atoms with E-state index in [0.717, 1.165) is 0 Å². The summed E-state index contributed by atoms with van der Waals surface area (Å²) in [5, 5.41) is 8.77. The summed E-state index contributed by atoms with van der Waals surface area (Å²) >= 11 is 0. The Labute approximate surface area is 123 Å². The minimum atomic E-state index is -3.88. The second kappa shape index (κ2) is 6.68. The molecule has 7 nitrogen and oxygen atoms in total. The molecule has 0 aromatic heterocycles. The van der Waals surface area contributed by atoms with Gasteiger partial charge >= 0.3 is 5.97 Å². The second-order valence-corrected chi connectivity index (χ2v) is 6.24. The molecule has 0 fully saturated rings. The highest BCUT2D eigenvalue weighted by Gasteiger charge is 2.23. The Morgan fingerprint density at radius 1 is 1.29 bits per heavy atom. The van der Waals surface area contributed by atoms with Crippen LogP contribution in [0.1, 0.15) is 24.2 Å². The third-order valence-electron chi connectivity index (χ3n) is 2.96. The molecule has 0 aliphatic carbocycles. The van der Waals surface area contributed by atoms with Crippen molar-refractivity contribution < 1.29 is 23.1 Å². The Morgan fingerprint density at radius 3 is 2.24 bits per heavy atom. The molecule has 1 unspecified atom stereocenters. The zero-order valence-corrected chi connectivity index (χ0v) is 12.8. The van der Waals surface area contributed by atoms with E-state index >= 15 is 0 Å². The Kier molecular flexibility index (Phi) is 5.45. The second-order valence-electron chi connectivity index (χ2n) is 4.52. The number of nitrogens with zero attached hydrogens (tertiary/aromatic N) is 1. The molecule has 0 aliphatic heterocycles. The van der Waals surface area contributed by atoms with Gasteiger partial charge in [-0.05, 0) is 38.1 Å². The molecule has 1 atom stereocenters. The van der Waals surface area contributed by atoms with Crippen LogP contribution in [0.4, 0.5) is 0 Å². The van der Waals surface area contributed by atoms with Gasteiger partial charge in [0.1, 0.15) is 0 Å². The number of rotatable bonds is 6. The Bertz CT molecular complexity index is 624. The van der Waals surface area contributed by atoms with Gasteiger partial charge < -0.3 is 10.0 Å². The predicted octanol–water partition coefficient (Wildman–Crippen LogP) is 0.530. The molecule has 0 radical (unpaired) electrons. The molecule has 21 heavy (non-hydrogen) atoms. The van der Waals surface area contributed by atoms with Gasteiger partial charge in [-0.2, -0.15) is 4.72 Å². The number of hydrogen-bond acceptors (Lipinski definition) is 4. The molecule has 0 heterocycles. The Morgan fingerprint density at radius 2 is 1.81 bits per heavy atom. The van der Waals surface area contributed by atoms with Gasteiger partial charge in [-0.1, -0.05) is 0 Å². The largest absolute Gasteiger partial charge is 0.478 e. The summed E-state index contributed by atoms with van der Waals surface area (Å²) in [6.45, 7) is 3.71. The normalized spacial score (nSPS) is 12.7. The third kappa shape index (κ3) is 4.27. The van der Waals surface area contributed by atoms with Gasteiger partial charge in [0, 0.05) is 13.6 Å². The van der Waals surface area contributed by atoms with E-state index in [1.54, 1.807) is 14.0 Å². The van der Waals surface area contributed by atoms with E-state index in [2.05, 4.69) is 4.72 Å². The summed E-state index contributed by atoms with van der Waals surface area (Å²) in [7, 11) is -2.30. The molecule has 0 saturated heterocycles. The fraction of sp³-hybridized carbons (Fsp3) is 0.385. The zero-order chi connectivity index (χ0) is 16.2. The molecule has 1 rings (SSSR count). The van der Waals surface area contributed by atoms with E-state index in [1.807, 2.05) is 0 Å². The number of aromatic carboxylic acids is 1. The maximum absolute atomic E-state index is 12.1. The number of amides is 1. The van der Waals surface area contributed by atoms with E-state index in [9.17, 15) is 18.0 Å². The maximum atomic E-state index is 12.1. The van der Waals surface area contributed by atoms with Gasteiger partial charge in [0.15, 0.2) is 0 Å². The van der Waals surface area contributed by atoms with Crippen molar-refractivity contribution in [2.24, 2.45) is 0 Å². The topological polar surface area (TPSA) is 104 Å². The van der Waals surface area contributed by atoms with Crippen LogP contribution in [-0.2, 0) is 14.8 Å². The molecule has 116 valence electrons. The van der Waals surface area contributed by atoms with E-state index in [-0.39, 0.29) is 16.4 Å². The Hall–Kier alpha value is -1.93. The van der Waals surface area contributed by atoms with Crippen molar-refractivity contribution in [3.63, 3.8) is 0 Å². The summed E-state index contributed by atoms with van der Waals surface area (Å²) in [6, 6.07) is 3.86. The minimum absolute atomic E-state index is 0.0104. The van der Waals surface area contributed by atoms with Crippen LogP contribution >= 0.6 is 0 Å².